The molecule has 0 radical (unpaired) electrons. The molecule has 0 aliphatic carbocycles. The zero-order valence-corrected chi connectivity index (χ0v) is 19.2. The Morgan fingerprint density at radius 2 is 0.818 bits per heavy atom. The average Bonchev–Trinajstić information content (AvgIpc) is 3.22. The summed E-state index contributed by atoms with van der Waals surface area (Å²) in [6.45, 7) is 0. The van der Waals surface area contributed by atoms with E-state index >= 15 is 0 Å². The topological polar surface area (TPSA) is 0 Å². The van der Waals surface area contributed by atoms with E-state index in [9.17, 15) is 0 Å². The Morgan fingerprint density at radius 3 is 1.45 bits per heavy atom. The lowest BCUT2D eigenvalue weighted by atomic mass is 9.93. The highest BCUT2D eigenvalue weighted by molar-refractivity contribution is 7.23. The van der Waals surface area contributed by atoms with Crippen molar-refractivity contribution in [1.29, 1.82) is 0 Å². The van der Waals surface area contributed by atoms with Crippen LogP contribution in [0.3, 0.4) is 0 Å². The summed E-state index contributed by atoms with van der Waals surface area (Å²) in [7, 11) is -2.51. The Kier molecular flexibility index (Phi) is 3.96. The monoisotopic (exact) mass is 434 g/mol. The van der Waals surface area contributed by atoms with Crippen LogP contribution in [0.25, 0.3) is 32.7 Å². The first kappa shape index (κ1) is 18.6. The van der Waals surface area contributed by atoms with Gasteiger partial charge in [0, 0.05) is 0 Å². The summed E-state index contributed by atoms with van der Waals surface area (Å²) in [4.78, 5) is 0. The molecule has 0 spiro atoms. The first-order valence-electron chi connectivity index (χ1n) is 11.6. The molecule has 6 aromatic rings. The predicted octanol–water partition coefficient (Wildman–Crippen LogP) is 5.35. The van der Waals surface area contributed by atoms with Gasteiger partial charge in [-0.15, -0.1) is 0 Å². The molecule has 1 aliphatic rings. The number of hydrogen-bond acceptors (Lipinski definition) is 0. The van der Waals surface area contributed by atoms with Crippen LogP contribution in [0.4, 0.5) is 0 Å². The normalized spacial score (nSPS) is 13.7. The van der Waals surface area contributed by atoms with E-state index in [1.165, 1.54) is 53.4 Å². The van der Waals surface area contributed by atoms with Gasteiger partial charge in [0.25, 0.3) is 0 Å². The van der Waals surface area contributed by atoms with E-state index in [0.29, 0.717) is 0 Å². The van der Waals surface area contributed by atoms with Crippen molar-refractivity contribution in [3.8, 4) is 11.1 Å². The summed E-state index contributed by atoms with van der Waals surface area (Å²) >= 11 is 0. The summed E-state index contributed by atoms with van der Waals surface area (Å²) in [6.07, 6.45) is 0. The van der Waals surface area contributed by atoms with Crippen LogP contribution >= 0.6 is 0 Å². The fraction of sp³-hybridized carbons (Fsp3) is 0. The summed E-state index contributed by atoms with van der Waals surface area (Å²) in [5.41, 5.74) is 2.83. The highest BCUT2D eigenvalue weighted by Gasteiger charge is 2.50. The maximum atomic E-state index is 2.39. The van der Waals surface area contributed by atoms with Crippen molar-refractivity contribution in [3.63, 3.8) is 0 Å². The second-order valence-corrected chi connectivity index (χ2v) is 12.6. The van der Waals surface area contributed by atoms with Crippen LogP contribution in [0.5, 0.6) is 0 Å². The van der Waals surface area contributed by atoms with Gasteiger partial charge in [-0.25, -0.2) is 0 Å². The summed E-state index contributed by atoms with van der Waals surface area (Å²) in [5, 5.41) is 11.4. The van der Waals surface area contributed by atoms with Crippen LogP contribution in [0.2, 0.25) is 0 Å². The molecule has 0 saturated carbocycles. The van der Waals surface area contributed by atoms with E-state index in [2.05, 4.69) is 133 Å². The highest BCUT2D eigenvalue weighted by atomic mass is 28.3. The van der Waals surface area contributed by atoms with Gasteiger partial charge in [0.05, 0.1) is 0 Å². The molecule has 0 amide bonds. The number of rotatable bonds is 2. The van der Waals surface area contributed by atoms with E-state index in [1.807, 2.05) is 0 Å². The van der Waals surface area contributed by atoms with Gasteiger partial charge in [-0.1, -0.05) is 133 Å². The Hall–Kier alpha value is -3.94. The van der Waals surface area contributed by atoms with Crippen molar-refractivity contribution in [2.45, 2.75) is 0 Å². The van der Waals surface area contributed by atoms with Gasteiger partial charge < -0.3 is 0 Å². The minimum atomic E-state index is -2.51. The lowest BCUT2D eigenvalue weighted by Crippen LogP contribution is -2.73. The fourth-order valence-corrected chi connectivity index (χ4v) is 11.5. The Labute approximate surface area is 194 Å². The van der Waals surface area contributed by atoms with E-state index in [-0.39, 0.29) is 0 Å². The lowest BCUT2D eigenvalue weighted by Gasteiger charge is -2.32. The molecular weight excluding hydrogens is 412 g/mol. The number of fused-ring (bicyclic) bond motifs is 8. The summed E-state index contributed by atoms with van der Waals surface area (Å²) < 4.78 is 0. The summed E-state index contributed by atoms with van der Waals surface area (Å²) in [6, 6.07) is 49.7. The van der Waals surface area contributed by atoms with Crippen LogP contribution in [0.1, 0.15) is 0 Å². The quantitative estimate of drug-likeness (QED) is 0.254. The maximum Gasteiger partial charge on any atom is 0.181 e. The van der Waals surface area contributed by atoms with Crippen molar-refractivity contribution in [1.82, 2.24) is 0 Å². The van der Waals surface area contributed by atoms with Crippen LogP contribution < -0.4 is 20.7 Å². The van der Waals surface area contributed by atoms with Gasteiger partial charge >= 0.3 is 0 Å². The lowest BCUT2D eigenvalue weighted by molar-refractivity contribution is 1.70. The molecule has 0 N–H and O–H groups in total. The van der Waals surface area contributed by atoms with E-state index in [0.717, 1.165) is 0 Å². The third-order valence-corrected chi connectivity index (χ3v) is 12.2. The van der Waals surface area contributed by atoms with Gasteiger partial charge in [-0.2, -0.15) is 0 Å². The van der Waals surface area contributed by atoms with Crippen LogP contribution in [0.15, 0.2) is 133 Å². The number of hydrogen-bond donors (Lipinski definition) is 0. The predicted molar refractivity (Wildman–Crippen MR) is 144 cm³/mol. The van der Waals surface area contributed by atoms with Gasteiger partial charge in [0.1, 0.15) is 0 Å². The maximum absolute atomic E-state index is 2.51. The molecule has 0 fully saturated rings. The van der Waals surface area contributed by atoms with Crippen LogP contribution in [-0.2, 0) is 0 Å². The second kappa shape index (κ2) is 7.03. The molecule has 154 valence electrons. The third-order valence-electron chi connectivity index (χ3n) is 7.32. The smallest absolute Gasteiger partial charge is 0.0623 e. The van der Waals surface area contributed by atoms with Crippen molar-refractivity contribution < 1.29 is 0 Å². The molecule has 0 saturated heterocycles. The van der Waals surface area contributed by atoms with Crippen molar-refractivity contribution >= 4 is 50.4 Å². The molecular formula is C32H22Si. The molecule has 0 unspecified atom stereocenters. The largest absolute Gasteiger partial charge is 0.181 e. The minimum absolute atomic E-state index is 1.34. The molecule has 7 rings (SSSR count). The molecule has 0 bridgehead atoms. The Bertz CT molecular complexity index is 1610. The second-order valence-electron chi connectivity index (χ2n) is 8.87. The van der Waals surface area contributed by atoms with Gasteiger partial charge in [0.15, 0.2) is 8.07 Å². The minimum Gasteiger partial charge on any atom is -0.0623 e. The van der Waals surface area contributed by atoms with E-state index in [1.54, 1.807) is 0 Å². The molecule has 1 heteroatoms. The zero-order chi connectivity index (χ0) is 21.8. The van der Waals surface area contributed by atoms with Gasteiger partial charge in [0.2, 0.25) is 0 Å². The molecule has 1 aliphatic heterocycles. The molecule has 0 atom stereocenters. The van der Waals surface area contributed by atoms with E-state index in [4.69, 9.17) is 0 Å². The highest BCUT2D eigenvalue weighted by Crippen LogP contribution is 2.39. The SMILES string of the molecule is c1ccc([Si]2(c3ccccc3)c3ccccc3-c3c2c2ccccc2c2ccccc32)cc1. The van der Waals surface area contributed by atoms with Gasteiger partial charge in [-0.3, -0.25) is 0 Å². The van der Waals surface area contributed by atoms with E-state index < -0.39 is 8.07 Å². The molecule has 33 heavy (non-hydrogen) atoms. The first-order chi connectivity index (χ1) is 16.4. The summed E-state index contributed by atoms with van der Waals surface area (Å²) in [5.74, 6) is 0. The van der Waals surface area contributed by atoms with Crippen LogP contribution in [0, 0.1) is 0 Å². The fourth-order valence-electron chi connectivity index (χ4n) is 6.12. The third kappa shape index (κ3) is 2.40. The number of benzene rings is 6. The molecule has 0 nitrogen and oxygen atoms in total. The average molecular weight is 435 g/mol. The Balaban J connectivity index is 1.81. The standard InChI is InChI=1S/C32H22Si/c1-3-13-23(14-4-1)33(24-15-5-2-6-16-24)30-22-12-11-21-29(30)31-27-19-9-7-17-25(27)26-18-8-10-20-28(26)32(31)33/h1-22H. The molecule has 0 aromatic heterocycles. The van der Waals surface area contributed by atoms with Crippen molar-refractivity contribution in [2.24, 2.45) is 0 Å². The first-order valence-corrected chi connectivity index (χ1v) is 13.6. The van der Waals surface area contributed by atoms with Gasteiger partial charge in [-0.05, 0) is 53.4 Å². The zero-order valence-electron chi connectivity index (χ0n) is 18.2. The van der Waals surface area contributed by atoms with Crippen molar-refractivity contribution in [2.75, 3.05) is 0 Å². The molecule has 6 aromatic carbocycles. The molecule has 1 heterocycles. The van der Waals surface area contributed by atoms with Crippen LogP contribution in [-0.4, -0.2) is 8.07 Å². The van der Waals surface area contributed by atoms with Crippen molar-refractivity contribution in [3.05, 3.63) is 133 Å². The Morgan fingerprint density at radius 1 is 0.364 bits per heavy atom.